The Kier molecular flexibility index (Phi) is 4.54. The molecule has 0 spiro atoms. The summed E-state index contributed by atoms with van der Waals surface area (Å²) in [4.78, 5) is 0. The summed E-state index contributed by atoms with van der Waals surface area (Å²) >= 11 is 0. The second-order valence-corrected chi connectivity index (χ2v) is 5.00. The normalized spacial score (nSPS) is 13.6. The lowest BCUT2D eigenvalue weighted by atomic mass is 9.89. The van der Waals surface area contributed by atoms with E-state index in [0.717, 1.165) is 27.8 Å². The molecule has 0 amide bonds. The van der Waals surface area contributed by atoms with Gasteiger partial charge < -0.3 is 5.11 Å². The fraction of sp³-hybridized carbons (Fsp3) is 0.158. The van der Waals surface area contributed by atoms with Crippen LogP contribution in [0.3, 0.4) is 0 Å². The van der Waals surface area contributed by atoms with Gasteiger partial charge in [-0.1, -0.05) is 72.8 Å². The van der Waals surface area contributed by atoms with Crippen molar-refractivity contribution in [1.29, 1.82) is 0 Å². The molecule has 102 valence electrons. The topological polar surface area (TPSA) is 20.2 Å². The van der Waals surface area contributed by atoms with Gasteiger partial charge in [-0.2, -0.15) is 0 Å². The van der Waals surface area contributed by atoms with Crippen molar-refractivity contribution in [2.24, 2.45) is 0 Å². The van der Waals surface area contributed by atoms with Gasteiger partial charge in [-0.25, -0.2) is 0 Å². The van der Waals surface area contributed by atoms with Crippen LogP contribution < -0.4 is 0 Å². The van der Waals surface area contributed by atoms with E-state index in [4.69, 9.17) is 0 Å². The lowest BCUT2D eigenvalue weighted by molar-refractivity contribution is 0.237. The summed E-state index contributed by atoms with van der Waals surface area (Å²) < 4.78 is 0. The van der Waals surface area contributed by atoms with Crippen molar-refractivity contribution < 1.29 is 5.11 Å². The van der Waals surface area contributed by atoms with Crippen LogP contribution in [0.1, 0.15) is 31.1 Å². The third kappa shape index (κ3) is 3.06. The highest BCUT2D eigenvalue weighted by atomic mass is 16.3. The predicted molar refractivity (Wildman–Crippen MR) is 85.3 cm³/mol. The SMILES string of the molecule is C=C(C)/C(C)=C(\c1ccccc1)C(O)c1ccccc1. The fourth-order valence-corrected chi connectivity index (χ4v) is 2.23. The van der Waals surface area contributed by atoms with Gasteiger partial charge in [-0.15, -0.1) is 0 Å². The van der Waals surface area contributed by atoms with Crippen LogP contribution in [-0.4, -0.2) is 5.11 Å². The number of rotatable bonds is 4. The minimum atomic E-state index is -0.643. The average Bonchev–Trinajstić information content (AvgIpc) is 2.49. The van der Waals surface area contributed by atoms with Crippen LogP contribution in [0.5, 0.6) is 0 Å². The number of allylic oxidation sites excluding steroid dienone is 2. The molecule has 0 heterocycles. The molecule has 0 bridgehead atoms. The molecule has 1 nitrogen and oxygen atoms in total. The summed E-state index contributed by atoms with van der Waals surface area (Å²) in [7, 11) is 0. The van der Waals surface area contributed by atoms with E-state index in [-0.39, 0.29) is 0 Å². The molecule has 20 heavy (non-hydrogen) atoms. The van der Waals surface area contributed by atoms with Crippen LogP contribution in [0.25, 0.3) is 5.57 Å². The molecule has 0 saturated carbocycles. The van der Waals surface area contributed by atoms with E-state index in [0.29, 0.717) is 0 Å². The molecule has 0 aliphatic heterocycles. The van der Waals surface area contributed by atoms with E-state index in [1.54, 1.807) is 0 Å². The summed E-state index contributed by atoms with van der Waals surface area (Å²) in [5.74, 6) is 0. The standard InChI is InChI=1S/C19H20O/c1-14(2)15(3)18(16-10-6-4-7-11-16)19(20)17-12-8-5-9-13-17/h4-13,19-20H,1H2,2-3H3/b18-15+. The Morgan fingerprint density at radius 2 is 1.40 bits per heavy atom. The van der Waals surface area contributed by atoms with Gasteiger partial charge >= 0.3 is 0 Å². The van der Waals surface area contributed by atoms with E-state index in [9.17, 15) is 5.11 Å². The zero-order chi connectivity index (χ0) is 14.5. The van der Waals surface area contributed by atoms with E-state index >= 15 is 0 Å². The highest BCUT2D eigenvalue weighted by Crippen LogP contribution is 2.34. The third-order valence-corrected chi connectivity index (χ3v) is 3.52. The molecule has 1 heteroatoms. The third-order valence-electron chi connectivity index (χ3n) is 3.52. The van der Waals surface area contributed by atoms with Crippen LogP contribution in [0.4, 0.5) is 0 Å². The molecule has 1 unspecified atom stereocenters. The van der Waals surface area contributed by atoms with Gasteiger partial charge in [0.1, 0.15) is 6.10 Å². The Labute approximate surface area is 120 Å². The first kappa shape index (κ1) is 14.3. The van der Waals surface area contributed by atoms with Gasteiger partial charge in [0.15, 0.2) is 0 Å². The van der Waals surface area contributed by atoms with Crippen molar-refractivity contribution in [3.05, 3.63) is 89.5 Å². The Hall–Kier alpha value is -2.12. The minimum Gasteiger partial charge on any atom is -0.384 e. The summed E-state index contributed by atoms with van der Waals surface area (Å²) in [6.45, 7) is 7.99. The van der Waals surface area contributed by atoms with E-state index in [2.05, 4.69) is 6.58 Å². The lowest BCUT2D eigenvalue weighted by Gasteiger charge is -2.19. The Bertz CT molecular complexity index is 609. The van der Waals surface area contributed by atoms with E-state index < -0.39 is 6.10 Å². The number of hydrogen-bond acceptors (Lipinski definition) is 1. The largest absolute Gasteiger partial charge is 0.384 e. The van der Waals surface area contributed by atoms with Crippen molar-refractivity contribution in [1.82, 2.24) is 0 Å². The summed E-state index contributed by atoms with van der Waals surface area (Å²) in [5, 5.41) is 10.8. The highest BCUT2D eigenvalue weighted by Gasteiger charge is 2.17. The zero-order valence-corrected chi connectivity index (χ0v) is 12.0. The van der Waals surface area contributed by atoms with Crippen LogP contribution in [0.15, 0.2) is 78.4 Å². The Balaban J connectivity index is 2.54. The van der Waals surface area contributed by atoms with Gasteiger partial charge in [0, 0.05) is 0 Å². The molecule has 0 radical (unpaired) electrons. The number of aliphatic hydroxyl groups is 1. The maximum atomic E-state index is 10.8. The molecule has 2 aromatic rings. The van der Waals surface area contributed by atoms with Gasteiger partial charge in [0.05, 0.1) is 0 Å². The van der Waals surface area contributed by atoms with Gasteiger partial charge in [0.2, 0.25) is 0 Å². The summed E-state index contributed by atoms with van der Waals surface area (Å²) in [6, 6.07) is 19.7. The van der Waals surface area contributed by atoms with Crippen molar-refractivity contribution in [2.45, 2.75) is 20.0 Å². The molecular weight excluding hydrogens is 244 g/mol. The Morgan fingerprint density at radius 3 is 1.90 bits per heavy atom. The monoisotopic (exact) mass is 264 g/mol. The van der Waals surface area contributed by atoms with Gasteiger partial charge in [0.25, 0.3) is 0 Å². The van der Waals surface area contributed by atoms with E-state index in [1.165, 1.54) is 0 Å². The van der Waals surface area contributed by atoms with E-state index in [1.807, 2.05) is 74.5 Å². The smallest absolute Gasteiger partial charge is 0.105 e. The molecule has 0 aromatic heterocycles. The minimum absolute atomic E-state index is 0.643. The fourth-order valence-electron chi connectivity index (χ4n) is 2.23. The first-order chi connectivity index (χ1) is 9.61. The molecule has 1 atom stereocenters. The van der Waals surface area contributed by atoms with Crippen molar-refractivity contribution in [2.75, 3.05) is 0 Å². The molecule has 0 aliphatic carbocycles. The van der Waals surface area contributed by atoms with Crippen molar-refractivity contribution in [3.8, 4) is 0 Å². The Morgan fingerprint density at radius 1 is 0.900 bits per heavy atom. The van der Waals surface area contributed by atoms with Crippen molar-refractivity contribution >= 4 is 5.57 Å². The number of hydrogen-bond donors (Lipinski definition) is 1. The first-order valence-electron chi connectivity index (χ1n) is 6.76. The molecule has 1 N–H and O–H groups in total. The summed E-state index contributed by atoms with van der Waals surface area (Å²) in [5.41, 5.74) is 4.85. The maximum Gasteiger partial charge on any atom is 0.105 e. The van der Waals surface area contributed by atoms with Gasteiger partial charge in [-0.3, -0.25) is 0 Å². The molecular formula is C19H20O. The van der Waals surface area contributed by atoms with Crippen LogP contribution in [0.2, 0.25) is 0 Å². The quantitative estimate of drug-likeness (QED) is 0.789. The van der Waals surface area contributed by atoms with Crippen molar-refractivity contribution in [3.63, 3.8) is 0 Å². The van der Waals surface area contributed by atoms with Crippen LogP contribution in [0, 0.1) is 0 Å². The number of benzene rings is 2. The zero-order valence-electron chi connectivity index (χ0n) is 12.0. The molecule has 0 fully saturated rings. The predicted octanol–water partition coefficient (Wildman–Crippen LogP) is 4.77. The molecule has 0 aliphatic rings. The number of aliphatic hydroxyl groups excluding tert-OH is 1. The molecule has 0 saturated heterocycles. The first-order valence-corrected chi connectivity index (χ1v) is 6.76. The van der Waals surface area contributed by atoms with Crippen LogP contribution in [-0.2, 0) is 0 Å². The second kappa shape index (κ2) is 6.36. The second-order valence-electron chi connectivity index (χ2n) is 5.00. The van der Waals surface area contributed by atoms with Crippen LogP contribution >= 0.6 is 0 Å². The molecule has 2 aromatic carbocycles. The highest BCUT2D eigenvalue weighted by molar-refractivity contribution is 5.75. The van der Waals surface area contributed by atoms with Gasteiger partial charge in [-0.05, 0) is 36.1 Å². The lowest BCUT2D eigenvalue weighted by Crippen LogP contribution is -2.04. The maximum absolute atomic E-state index is 10.8. The average molecular weight is 264 g/mol. The molecule has 2 rings (SSSR count). The summed E-state index contributed by atoms with van der Waals surface area (Å²) in [6.07, 6.45) is -0.643.